The number of aromatic amines is 1. The third-order valence-electron chi connectivity index (χ3n) is 8.34. The Kier molecular flexibility index (Phi) is 6.95. The van der Waals surface area contributed by atoms with Crippen molar-refractivity contribution in [2.24, 2.45) is 0 Å². The topological polar surface area (TPSA) is 86.4 Å². The number of benzene rings is 1. The first-order valence-corrected chi connectivity index (χ1v) is 13.3. The molecule has 3 amide bonds. The van der Waals surface area contributed by atoms with E-state index < -0.39 is 17.1 Å². The molecule has 0 bridgehead atoms. The summed E-state index contributed by atoms with van der Waals surface area (Å²) < 4.78 is 15.1. The highest BCUT2D eigenvalue weighted by Crippen LogP contribution is 2.43. The number of carbonyl (C=O) groups is 3. The van der Waals surface area contributed by atoms with Gasteiger partial charge in [-0.25, -0.2) is 4.39 Å². The highest BCUT2D eigenvalue weighted by Gasteiger charge is 2.56. The summed E-state index contributed by atoms with van der Waals surface area (Å²) in [5.41, 5.74) is 1.79. The second kappa shape index (κ2) is 10.1. The highest BCUT2D eigenvalue weighted by atomic mass is 19.1. The lowest BCUT2D eigenvalue weighted by Gasteiger charge is -2.33. The number of aromatic nitrogens is 2. The summed E-state index contributed by atoms with van der Waals surface area (Å²) in [6, 6.07) is 5.90. The molecular formula is C28H35FN4O3. The maximum Gasteiger partial charge on any atom is 0.241 e. The predicted molar refractivity (Wildman–Crippen MR) is 132 cm³/mol. The number of rotatable bonds is 6. The van der Waals surface area contributed by atoms with Crippen LogP contribution in [-0.4, -0.2) is 50.8 Å². The number of H-pyrrole nitrogens is 1. The van der Waals surface area contributed by atoms with Crippen molar-refractivity contribution in [1.82, 2.24) is 20.0 Å². The minimum absolute atomic E-state index is 0.136. The Bertz CT molecular complexity index is 1160. The van der Waals surface area contributed by atoms with Gasteiger partial charge in [-0.3, -0.25) is 24.4 Å². The smallest absolute Gasteiger partial charge is 0.241 e. The Balaban J connectivity index is 1.42. The van der Waals surface area contributed by atoms with Crippen molar-refractivity contribution in [2.45, 2.75) is 95.1 Å². The second-order valence-electron chi connectivity index (χ2n) is 10.7. The minimum Gasteiger partial charge on any atom is -0.340 e. The van der Waals surface area contributed by atoms with Crippen molar-refractivity contribution >= 4 is 17.7 Å². The zero-order chi connectivity index (χ0) is 25.3. The maximum atomic E-state index is 15.1. The molecule has 3 aliphatic rings. The molecule has 1 atom stereocenters. The van der Waals surface area contributed by atoms with Crippen molar-refractivity contribution < 1.29 is 18.8 Å². The largest absolute Gasteiger partial charge is 0.340 e. The first-order chi connectivity index (χ1) is 17.4. The standard InChI is InChI=1S/C28H35FN4O3/c1-32(18-24-20-12-6-3-7-15-23(20)30-31-24)25(34)16-28(21-13-8-9-14-22(21)29)17-26(35)33(27(28)36)19-10-4-2-5-11-19/h8-9,13-14,19H,2-7,10-12,15-18H2,1H3,(H,30,31)/t28-/m1/s1. The van der Waals surface area contributed by atoms with E-state index in [1.54, 1.807) is 30.1 Å². The lowest BCUT2D eigenvalue weighted by molar-refractivity contribution is -0.145. The van der Waals surface area contributed by atoms with Crippen LogP contribution in [0.15, 0.2) is 24.3 Å². The van der Waals surface area contributed by atoms with Crippen molar-refractivity contribution in [1.29, 1.82) is 0 Å². The Morgan fingerprint density at radius 2 is 1.83 bits per heavy atom. The number of aryl methyl sites for hydroxylation is 1. The van der Waals surface area contributed by atoms with E-state index in [2.05, 4.69) is 10.2 Å². The van der Waals surface area contributed by atoms with Crippen LogP contribution in [0.4, 0.5) is 4.39 Å². The molecule has 0 radical (unpaired) electrons. The van der Waals surface area contributed by atoms with E-state index in [9.17, 15) is 14.4 Å². The van der Waals surface area contributed by atoms with E-state index in [0.29, 0.717) is 6.54 Å². The third-order valence-corrected chi connectivity index (χ3v) is 8.34. The average molecular weight is 495 g/mol. The van der Waals surface area contributed by atoms with Crippen molar-refractivity contribution in [2.75, 3.05) is 7.05 Å². The van der Waals surface area contributed by atoms with Crippen LogP contribution in [0.2, 0.25) is 0 Å². The van der Waals surface area contributed by atoms with E-state index in [1.807, 2.05) is 0 Å². The molecule has 5 rings (SSSR count). The van der Waals surface area contributed by atoms with Gasteiger partial charge in [-0.05, 0) is 50.2 Å². The van der Waals surface area contributed by atoms with E-state index in [1.165, 1.54) is 23.0 Å². The molecule has 2 heterocycles. The quantitative estimate of drug-likeness (QED) is 0.482. The summed E-state index contributed by atoms with van der Waals surface area (Å²) in [4.78, 5) is 43.7. The number of nitrogens with zero attached hydrogens (tertiary/aromatic N) is 3. The fourth-order valence-electron chi connectivity index (χ4n) is 6.33. The van der Waals surface area contributed by atoms with Gasteiger partial charge in [0.15, 0.2) is 0 Å². The van der Waals surface area contributed by atoms with Crippen molar-refractivity contribution in [3.05, 3.63) is 52.6 Å². The molecule has 1 aliphatic heterocycles. The lowest BCUT2D eigenvalue weighted by Crippen LogP contribution is -2.47. The molecule has 1 aromatic carbocycles. The molecule has 8 heteroatoms. The number of hydrogen-bond acceptors (Lipinski definition) is 4. The fourth-order valence-corrected chi connectivity index (χ4v) is 6.33. The number of hydrogen-bond donors (Lipinski definition) is 1. The number of halogens is 1. The highest BCUT2D eigenvalue weighted by molar-refractivity contribution is 6.11. The normalized spacial score (nSPS) is 23.0. The zero-order valence-electron chi connectivity index (χ0n) is 21.0. The number of fused-ring (bicyclic) bond motifs is 1. The molecule has 2 aromatic rings. The van der Waals surface area contributed by atoms with Crippen molar-refractivity contribution in [3.8, 4) is 0 Å². The minimum atomic E-state index is -1.52. The van der Waals surface area contributed by atoms with Crippen LogP contribution >= 0.6 is 0 Å². The van der Waals surface area contributed by atoms with Crippen LogP contribution in [-0.2, 0) is 39.2 Å². The first-order valence-electron chi connectivity index (χ1n) is 13.3. The van der Waals surface area contributed by atoms with Crippen LogP contribution in [0.3, 0.4) is 0 Å². The third kappa shape index (κ3) is 4.46. The molecule has 1 saturated carbocycles. The van der Waals surface area contributed by atoms with Crippen LogP contribution < -0.4 is 0 Å². The summed E-state index contributed by atoms with van der Waals surface area (Å²) in [7, 11) is 1.69. The molecule has 0 spiro atoms. The summed E-state index contributed by atoms with van der Waals surface area (Å²) in [5.74, 6) is -1.59. The molecule has 36 heavy (non-hydrogen) atoms. The SMILES string of the molecule is CN(Cc1n[nH]c2c1CCCCC2)C(=O)C[C@]1(c2ccccc2F)CC(=O)N(C2CCCCC2)C1=O. The van der Waals surface area contributed by atoms with Gasteiger partial charge < -0.3 is 4.90 Å². The number of imide groups is 1. The molecule has 192 valence electrons. The van der Waals surface area contributed by atoms with Gasteiger partial charge in [-0.2, -0.15) is 5.10 Å². The summed E-state index contributed by atoms with van der Waals surface area (Å²) in [5, 5.41) is 7.61. The van der Waals surface area contributed by atoms with Crippen LogP contribution in [0, 0.1) is 5.82 Å². The van der Waals surface area contributed by atoms with Gasteiger partial charge in [-0.15, -0.1) is 0 Å². The molecule has 1 aromatic heterocycles. The Morgan fingerprint density at radius 1 is 1.11 bits per heavy atom. The van der Waals surface area contributed by atoms with Gasteiger partial charge in [-0.1, -0.05) is 43.9 Å². The average Bonchev–Trinajstić information content (AvgIpc) is 3.24. The number of carbonyl (C=O) groups excluding carboxylic acids is 3. The molecule has 2 fully saturated rings. The Labute approximate surface area is 211 Å². The van der Waals surface area contributed by atoms with E-state index in [4.69, 9.17) is 0 Å². The van der Waals surface area contributed by atoms with Crippen LogP contribution in [0.25, 0.3) is 0 Å². The number of amides is 3. The number of nitrogens with one attached hydrogen (secondary N) is 1. The molecule has 2 aliphatic carbocycles. The van der Waals surface area contributed by atoms with Gasteiger partial charge >= 0.3 is 0 Å². The first kappa shape index (κ1) is 24.7. The Morgan fingerprint density at radius 3 is 2.61 bits per heavy atom. The maximum absolute atomic E-state index is 15.1. The molecular weight excluding hydrogens is 459 g/mol. The number of likely N-dealkylation sites (tertiary alicyclic amines) is 1. The predicted octanol–water partition coefficient (Wildman–Crippen LogP) is 4.20. The fraction of sp³-hybridized carbons (Fsp3) is 0.571. The summed E-state index contributed by atoms with van der Waals surface area (Å²) in [6.45, 7) is 0.312. The Hall–Kier alpha value is -3.03. The molecule has 0 unspecified atom stereocenters. The van der Waals surface area contributed by atoms with Crippen LogP contribution in [0.5, 0.6) is 0 Å². The van der Waals surface area contributed by atoms with Gasteiger partial charge in [0.25, 0.3) is 0 Å². The van der Waals surface area contributed by atoms with Gasteiger partial charge in [0.2, 0.25) is 17.7 Å². The van der Waals surface area contributed by atoms with E-state index in [-0.39, 0.29) is 36.3 Å². The molecule has 1 saturated heterocycles. The molecule has 1 N–H and O–H groups in total. The second-order valence-corrected chi connectivity index (χ2v) is 10.7. The monoisotopic (exact) mass is 494 g/mol. The summed E-state index contributed by atoms with van der Waals surface area (Å²) >= 11 is 0. The van der Waals surface area contributed by atoms with Gasteiger partial charge in [0, 0.05) is 37.2 Å². The van der Waals surface area contributed by atoms with Gasteiger partial charge in [0.1, 0.15) is 5.82 Å². The summed E-state index contributed by atoms with van der Waals surface area (Å²) in [6.07, 6.45) is 9.42. The van der Waals surface area contributed by atoms with Crippen molar-refractivity contribution in [3.63, 3.8) is 0 Å². The van der Waals surface area contributed by atoms with Crippen LogP contribution in [0.1, 0.15) is 86.7 Å². The van der Waals surface area contributed by atoms with E-state index in [0.717, 1.165) is 69.2 Å². The zero-order valence-corrected chi connectivity index (χ0v) is 21.0. The lowest BCUT2D eigenvalue weighted by atomic mass is 9.75. The molecule has 7 nitrogen and oxygen atoms in total. The van der Waals surface area contributed by atoms with E-state index >= 15 is 4.39 Å². The van der Waals surface area contributed by atoms with Gasteiger partial charge in [0.05, 0.1) is 17.7 Å².